The quantitative estimate of drug-likeness (QED) is 0.767. The molecule has 0 aromatic carbocycles. The summed E-state index contributed by atoms with van der Waals surface area (Å²) in [7, 11) is 0. The molecule has 1 aromatic rings. The van der Waals surface area contributed by atoms with Crippen LogP contribution in [0.5, 0.6) is 0 Å². The number of nitrogens with one attached hydrogen (secondary N) is 1. The summed E-state index contributed by atoms with van der Waals surface area (Å²) in [5, 5.41) is 8.83. The molecule has 15 heavy (non-hydrogen) atoms. The van der Waals surface area contributed by atoms with Crippen molar-refractivity contribution in [1.82, 2.24) is 9.97 Å². The molecule has 82 valence electrons. The number of aromatic nitrogens is 2. The van der Waals surface area contributed by atoms with Crippen LogP contribution < -0.4 is 5.56 Å². The second-order valence-corrected chi connectivity index (χ2v) is 4.51. The molecule has 1 heterocycles. The number of hydrogen-bond acceptors (Lipinski definition) is 3. The van der Waals surface area contributed by atoms with Gasteiger partial charge in [0.15, 0.2) is 0 Å². The smallest absolute Gasteiger partial charge is 0.254 e. The van der Waals surface area contributed by atoms with E-state index in [-0.39, 0.29) is 17.6 Å². The molecule has 1 fully saturated rings. The number of nitrogens with zero attached hydrogens (tertiary/aromatic N) is 1. The monoisotopic (exact) mass is 208 g/mol. The predicted octanol–water partition coefficient (Wildman–Crippen LogP) is 0.665. The van der Waals surface area contributed by atoms with Crippen molar-refractivity contribution < 1.29 is 5.11 Å². The van der Waals surface area contributed by atoms with E-state index in [0.717, 1.165) is 24.4 Å². The number of hydrogen-bond donors (Lipinski definition) is 2. The van der Waals surface area contributed by atoms with Gasteiger partial charge in [-0.1, -0.05) is 6.92 Å². The Balaban J connectivity index is 2.43. The molecule has 0 amide bonds. The van der Waals surface area contributed by atoms with Crippen LogP contribution in [0, 0.1) is 6.92 Å². The van der Waals surface area contributed by atoms with Crippen LogP contribution in [0.3, 0.4) is 0 Å². The third kappa shape index (κ3) is 1.81. The number of aryl methyl sites for hydroxylation is 1. The normalized spacial score (nSPS) is 17.8. The lowest BCUT2D eigenvalue weighted by atomic mass is 10.1. The van der Waals surface area contributed by atoms with Crippen molar-refractivity contribution in [3.8, 4) is 0 Å². The zero-order chi connectivity index (χ0) is 11.1. The average Bonchev–Trinajstić information content (AvgIpc) is 2.91. The molecule has 4 nitrogen and oxygen atoms in total. The van der Waals surface area contributed by atoms with Crippen molar-refractivity contribution in [3.05, 3.63) is 27.4 Å². The molecule has 1 saturated carbocycles. The van der Waals surface area contributed by atoms with Gasteiger partial charge in [0.1, 0.15) is 5.82 Å². The van der Waals surface area contributed by atoms with Gasteiger partial charge in [0.05, 0.1) is 0 Å². The predicted molar refractivity (Wildman–Crippen MR) is 57.0 cm³/mol. The fourth-order valence-corrected chi connectivity index (χ4v) is 1.73. The Morgan fingerprint density at radius 3 is 2.67 bits per heavy atom. The van der Waals surface area contributed by atoms with E-state index >= 15 is 0 Å². The highest BCUT2D eigenvalue weighted by Crippen LogP contribution is 2.45. The molecular weight excluding hydrogens is 192 g/mol. The molecular formula is C11H16N2O2. The Hall–Kier alpha value is -1.16. The molecule has 2 N–H and O–H groups in total. The van der Waals surface area contributed by atoms with Crippen LogP contribution in [0.25, 0.3) is 0 Å². The summed E-state index contributed by atoms with van der Waals surface area (Å²) in [6.45, 7) is 3.92. The van der Waals surface area contributed by atoms with Crippen molar-refractivity contribution in [3.63, 3.8) is 0 Å². The van der Waals surface area contributed by atoms with Gasteiger partial charge < -0.3 is 10.1 Å². The summed E-state index contributed by atoms with van der Waals surface area (Å²) in [5.74, 6) is 0.798. The lowest BCUT2D eigenvalue weighted by Crippen LogP contribution is -2.23. The number of H-pyrrole nitrogens is 1. The van der Waals surface area contributed by atoms with Crippen LogP contribution in [0.4, 0.5) is 0 Å². The first-order valence-corrected chi connectivity index (χ1v) is 5.28. The lowest BCUT2D eigenvalue weighted by molar-refractivity contribution is 0.298. The van der Waals surface area contributed by atoms with E-state index in [1.165, 1.54) is 0 Å². The Morgan fingerprint density at radius 1 is 1.53 bits per heavy atom. The Kier molecular flexibility index (Phi) is 2.38. The van der Waals surface area contributed by atoms with Crippen LogP contribution in [-0.2, 0) is 11.8 Å². The Labute approximate surface area is 88.4 Å². The van der Waals surface area contributed by atoms with Crippen LogP contribution >= 0.6 is 0 Å². The highest BCUT2D eigenvalue weighted by molar-refractivity contribution is 5.22. The van der Waals surface area contributed by atoms with Gasteiger partial charge in [-0.2, -0.15) is 0 Å². The fraction of sp³-hybridized carbons (Fsp3) is 0.636. The summed E-state index contributed by atoms with van der Waals surface area (Å²) < 4.78 is 0. The van der Waals surface area contributed by atoms with E-state index in [1.807, 2.05) is 6.92 Å². The summed E-state index contributed by atoms with van der Waals surface area (Å²) in [6.07, 6.45) is 2.56. The standard InChI is InChI=1S/C11H16N2O2/c1-7-8(3-6-14)9(15)13-10(12-7)11(2)4-5-11/h14H,3-6H2,1-2H3,(H,12,13,15). The van der Waals surface area contributed by atoms with Gasteiger partial charge in [0, 0.05) is 29.7 Å². The summed E-state index contributed by atoms with van der Waals surface area (Å²) in [6, 6.07) is 0. The highest BCUT2D eigenvalue weighted by atomic mass is 16.3. The largest absolute Gasteiger partial charge is 0.396 e. The molecule has 0 spiro atoms. The lowest BCUT2D eigenvalue weighted by Gasteiger charge is -2.10. The van der Waals surface area contributed by atoms with Gasteiger partial charge in [-0.15, -0.1) is 0 Å². The number of aliphatic hydroxyl groups is 1. The fourth-order valence-electron chi connectivity index (χ4n) is 1.73. The first-order valence-electron chi connectivity index (χ1n) is 5.28. The minimum Gasteiger partial charge on any atom is -0.396 e. The first-order chi connectivity index (χ1) is 7.07. The third-order valence-electron chi connectivity index (χ3n) is 3.16. The second-order valence-electron chi connectivity index (χ2n) is 4.51. The second kappa shape index (κ2) is 3.45. The van der Waals surface area contributed by atoms with Gasteiger partial charge in [-0.05, 0) is 19.8 Å². The molecule has 0 bridgehead atoms. The number of aliphatic hydroxyl groups excluding tert-OH is 1. The first kappa shape index (κ1) is 10.4. The molecule has 0 atom stereocenters. The van der Waals surface area contributed by atoms with E-state index in [4.69, 9.17) is 5.11 Å². The van der Waals surface area contributed by atoms with Crippen LogP contribution in [-0.4, -0.2) is 21.7 Å². The molecule has 1 aliphatic rings. The SMILES string of the molecule is Cc1nc(C2(C)CC2)[nH]c(=O)c1CCO. The molecule has 0 unspecified atom stereocenters. The van der Waals surface area contributed by atoms with Gasteiger partial charge >= 0.3 is 0 Å². The van der Waals surface area contributed by atoms with E-state index in [9.17, 15) is 4.79 Å². The van der Waals surface area contributed by atoms with Crippen molar-refractivity contribution in [2.75, 3.05) is 6.61 Å². The molecule has 0 saturated heterocycles. The van der Waals surface area contributed by atoms with Crippen molar-refractivity contribution >= 4 is 0 Å². The molecule has 2 rings (SSSR count). The molecule has 4 heteroatoms. The summed E-state index contributed by atoms with van der Waals surface area (Å²) in [5.41, 5.74) is 1.34. The number of rotatable bonds is 3. The highest BCUT2D eigenvalue weighted by Gasteiger charge is 2.41. The summed E-state index contributed by atoms with van der Waals surface area (Å²) in [4.78, 5) is 19.0. The third-order valence-corrected chi connectivity index (χ3v) is 3.16. The van der Waals surface area contributed by atoms with Gasteiger partial charge in [0.25, 0.3) is 5.56 Å². The maximum Gasteiger partial charge on any atom is 0.254 e. The Morgan fingerprint density at radius 2 is 2.20 bits per heavy atom. The van der Waals surface area contributed by atoms with Gasteiger partial charge in [-0.3, -0.25) is 4.79 Å². The average molecular weight is 208 g/mol. The summed E-state index contributed by atoms with van der Waals surface area (Å²) >= 11 is 0. The van der Waals surface area contributed by atoms with Crippen molar-refractivity contribution in [2.45, 2.75) is 38.5 Å². The molecule has 0 radical (unpaired) electrons. The minimum atomic E-state index is -0.0975. The topological polar surface area (TPSA) is 66.0 Å². The van der Waals surface area contributed by atoms with Crippen LogP contribution in [0.2, 0.25) is 0 Å². The zero-order valence-electron chi connectivity index (χ0n) is 9.13. The maximum atomic E-state index is 11.7. The van der Waals surface area contributed by atoms with E-state index in [0.29, 0.717) is 12.0 Å². The van der Waals surface area contributed by atoms with Crippen LogP contribution in [0.15, 0.2) is 4.79 Å². The van der Waals surface area contributed by atoms with E-state index in [1.54, 1.807) is 0 Å². The maximum absolute atomic E-state index is 11.7. The van der Waals surface area contributed by atoms with E-state index in [2.05, 4.69) is 16.9 Å². The van der Waals surface area contributed by atoms with Gasteiger partial charge in [0.2, 0.25) is 0 Å². The number of aromatic amines is 1. The minimum absolute atomic E-state index is 0.0117. The van der Waals surface area contributed by atoms with Crippen LogP contribution in [0.1, 0.15) is 36.8 Å². The van der Waals surface area contributed by atoms with Crippen molar-refractivity contribution in [2.24, 2.45) is 0 Å². The molecule has 1 aromatic heterocycles. The molecule has 0 aliphatic heterocycles. The van der Waals surface area contributed by atoms with Crippen molar-refractivity contribution in [1.29, 1.82) is 0 Å². The molecule has 1 aliphatic carbocycles. The zero-order valence-corrected chi connectivity index (χ0v) is 9.13. The van der Waals surface area contributed by atoms with Gasteiger partial charge in [-0.25, -0.2) is 4.98 Å². The Bertz CT molecular complexity index is 433. The van der Waals surface area contributed by atoms with E-state index < -0.39 is 0 Å².